The largest absolute Gasteiger partial charge is 0.490 e. The Morgan fingerprint density at radius 2 is 1.52 bits per heavy atom. The van der Waals surface area contributed by atoms with Crippen molar-refractivity contribution in [2.75, 3.05) is 52.6 Å². The van der Waals surface area contributed by atoms with Crippen molar-refractivity contribution in [3.05, 3.63) is 35.4 Å². The molecule has 1 aliphatic carbocycles. The number of ether oxygens (including phenoxy) is 2. The van der Waals surface area contributed by atoms with E-state index in [4.69, 9.17) is 19.4 Å². The van der Waals surface area contributed by atoms with E-state index >= 15 is 0 Å². The highest BCUT2D eigenvalue weighted by Gasteiger charge is 2.49. The Hall–Kier alpha value is -2.17. The molecule has 3 saturated heterocycles. The molecule has 1 N–H and O–H groups in total. The van der Waals surface area contributed by atoms with Gasteiger partial charge in [0.05, 0.1) is 13.2 Å². The first kappa shape index (κ1) is 24.0. The number of halogens is 3. The molecule has 10 heteroatoms. The van der Waals surface area contributed by atoms with E-state index in [1.165, 1.54) is 11.1 Å². The number of fused-ring (bicyclic) bond motifs is 3. The SMILES string of the molecule is O=C(C1CCOCC1)N1C[C@H]2[C@@H](C1)c1ccccc1[C@@H]2N1CCOCC1.O=C(O)C(F)(F)F. The van der Waals surface area contributed by atoms with Crippen LogP contribution in [0.2, 0.25) is 0 Å². The molecule has 182 valence electrons. The highest BCUT2D eigenvalue weighted by atomic mass is 19.4. The summed E-state index contributed by atoms with van der Waals surface area (Å²) in [4.78, 5) is 26.7. The van der Waals surface area contributed by atoms with Crippen molar-refractivity contribution in [2.24, 2.45) is 11.8 Å². The maximum Gasteiger partial charge on any atom is 0.490 e. The summed E-state index contributed by atoms with van der Waals surface area (Å²) in [6, 6.07) is 9.35. The molecule has 5 rings (SSSR count). The normalized spacial score (nSPS) is 28.0. The van der Waals surface area contributed by atoms with Crippen LogP contribution >= 0.6 is 0 Å². The number of nitrogens with zero attached hydrogens (tertiary/aromatic N) is 2. The number of hydrogen-bond acceptors (Lipinski definition) is 5. The average Bonchev–Trinajstić information content (AvgIpc) is 3.37. The lowest BCUT2D eigenvalue weighted by atomic mass is 9.93. The standard InChI is InChI=1S/C21H28N2O3.C2HF3O2/c24-21(15-5-9-25-10-6-15)23-13-18-16-3-1-2-4-17(16)20(19(18)14-23)22-7-11-26-12-8-22;3-2(4,5)1(6)7/h1-4,15,18-20H,5-14H2;(H,6,7)/t18-,19-,20-;/m0./s1. The molecule has 3 heterocycles. The number of carbonyl (C=O) groups excluding carboxylic acids is 1. The number of benzene rings is 1. The van der Waals surface area contributed by atoms with Crippen molar-refractivity contribution in [1.82, 2.24) is 9.80 Å². The molecule has 3 aliphatic heterocycles. The molecular formula is C23H29F3N2O5. The van der Waals surface area contributed by atoms with E-state index in [9.17, 15) is 18.0 Å². The van der Waals surface area contributed by atoms with E-state index in [-0.39, 0.29) is 5.92 Å². The van der Waals surface area contributed by atoms with Crippen molar-refractivity contribution in [3.63, 3.8) is 0 Å². The van der Waals surface area contributed by atoms with Crippen molar-refractivity contribution in [3.8, 4) is 0 Å². The first-order chi connectivity index (χ1) is 15.8. The van der Waals surface area contributed by atoms with Crippen LogP contribution in [0.1, 0.15) is 35.9 Å². The van der Waals surface area contributed by atoms with Crippen molar-refractivity contribution in [2.45, 2.75) is 31.0 Å². The summed E-state index contributed by atoms with van der Waals surface area (Å²) in [6.45, 7) is 6.89. The predicted molar refractivity (Wildman–Crippen MR) is 112 cm³/mol. The van der Waals surface area contributed by atoms with Gasteiger partial charge < -0.3 is 19.5 Å². The Bertz CT molecular complexity index is 853. The van der Waals surface area contributed by atoms with Gasteiger partial charge in [-0.1, -0.05) is 24.3 Å². The Kier molecular flexibility index (Phi) is 7.25. The Labute approximate surface area is 190 Å². The quantitative estimate of drug-likeness (QED) is 0.716. The number of morpholine rings is 1. The summed E-state index contributed by atoms with van der Waals surface area (Å²) in [5.74, 6) is -1.22. The van der Waals surface area contributed by atoms with E-state index < -0.39 is 12.1 Å². The molecule has 0 unspecified atom stereocenters. The second kappa shape index (κ2) is 9.99. The third kappa shape index (κ3) is 5.17. The minimum Gasteiger partial charge on any atom is -0.475 e. The molecule has 3 atom stereocenters. The van der Waals surface area contributed by atoms with Crippen molar-refractivity contribution >= 4 is 11.9 Å². The summed E-state index contributed by atoms with van der Waals surface area (Å²) in [5.41, 5.74) is 2.96. The lowest BCUT2D eigenvalue weighted by Gasteiger charge is -2.36. The van der Waals surface area contributed by atoms with Gasteiger partial charge in [-0.3, -0.25) is 9.69 Å². The Balaban J connectivity index is 0.000000325. The van der Waals surface area contributed by atoms with E-state index in [1.54, 1.807) is 0 Å². The number of amides is 1. The molecule has 0 radical (unpaired) electrons. The fraction of sp³-hybridized carbons (Fsp3) is 0.652. The van der Waals surface area contributed by atoms with Crippen LogP contribution in [-0.2, 0) is 19.1 Å². The van der Waals surface area contributed by atoms with Gasteiger partial charge in [-0.2, -0.15) is 13.2 Å². The van der Waals surface area contributed by atoms with Crippen molar-refractivity contribution in [1.29, 1.82) is 0 Å². The number of carboxylic acids is 1. The fourth-order valence-electron chi connectivity index (χ4n) is 5.53. The fourth-order valence-corrected chi connectivity index (χ4v) is 5.53. The van der Waals surface area contributed by atoms with Crippen LogP contribution in [-0.4, -0.2) is 85.6 Å². The smallest absolute Gasteiger partial charge is 0.475 e. The minimum atomic E-state index is -5.08. The maximum atomic E-state index is 13.1. The molecule has 1 amide bonds. The highest BCUT2D eigenvalue weighted by Crippen LogP contribution is 2.52. The third-order valence-corrected chi connectivity index (χ3v) is 7.05. The predicted octanol–water partition coefficient (Wildman–Crippen LogP) is 2.68. The summed E-state index contributed by atoms with van der Waals surface area (Å²) in [5, 5.41) is 7.12. The number of alkyl halides is 3. The lowest BCUT2D eigenvalue weighted by molar-refractivity contribution is -0.192. The average molecular weight is 470 g/mol. The van der Waals surface area contributed by atoms with Crippen LogP contribution in [0.5, 0.6) is 0 Å². The summed E-state index contributed by atoms with van der Waals surface area (Å²) >= 11 is 0. The zero-order chi connectivity index (χ0) is 23.6. The number of rotatable bonds is 2. The molecule has 7 nitrogen and oxygen atoms in total. The van der Waals surface area contributed by atoms with Crippen molar-refractivity contribution < 1.29 is 37.3 Å². The van der Waals surface area contributed by atoms with Gasteiger partial charge in [0.25, 0.3) is 0 Å². The molecule has 0 saturated carbocycles. The number of carboxylic acid groups (broad SMARTS) is 1. The first-order valence-electron chi connectivity index (χ1n) is 11.3. The lowest BCUT2D eigenvalue weighted by Crippen LogP contribution is -2.42. The Morgan fingerprint density at radius 3 is 2.12 bits per heavy atom. The number of aliphatic carboxylic acids is 1. The minimum absolute atomic E-state index is 0.166. The zero-order valence-electron chi connectivity index (χ0n) is 18.3. The highest BCUT2D eigenvalue weighted by molar-refractivity contribution is 5.79. The molecule has 3 fully saturated rings. The van der Waals surface area contributed by atoms with E-state index in [0.29, 0.717) is 23.8 Å². The summed E-state index contributed by atoms with van der Waals surface area (Å²) < 4.78 is 42.8. The van der Waals surface area contributed by atoms with E-state index in [2.05, 4.69) is 34.1 Å². The van der Waals surface area contributed by atoms with Crippen LogP contribution in [0.3, 0.4) is 0 Å². The Morgan fingerprint density at radius 1 is 0.939 bits per heavy atom. The van der Waals surface area contributed by atoms with E-state index in [1.807, 2.05) is 0 Å². The first-order valence-corrected chi connectivity index (χ1v) is 11.3. The summed E-state index contributed by atoms with van der Waals surface area (Å²) in [6.07, 6.45) is -3.32. The van der Waals surface area contributed by atoms with E-state index in [0.717, 1.165) is 65.4 Å². The van der Waals surface area contributed by atoms with Crippen LogP contribution in [0.4, 0.5) is 13.2 Å². The molecule has 0 spiro atoms. The van der Waals surface area contributed by atoms with Crippen LogP contribution in [0, 0.1) is 11.8 Å². The van der Waals surface area contributed by atoms with Gasteiger partial charge in [0, 0.05) is 63.2 Å². The number of likely N-dealkylation sites (tertiary alicyclic amines) is 1. The van der Waals surface area contributed by atoms with Gasteiger partial charge >= 0.3 is 12.1 Å². The molecule has 1 aromatic carbocycles. The molecule has 0 aromatic heterocycles. The van der Waals surface area contributed by atoms with Gasteiger partial charge in [-0.05, 0) is 24.0 Å². The van der Waals surface area contributed by atoms with Gasteiger partial charge in [0.15, 0.2) is 0 Å². The number of carbonyl (C=O) groups is 2. The second-order valence-electron chi connectivity index (χ2n) is 8.93. The monoisotopic (exact) mass is 470 g/mol. The van der Waals surface area contributed by atoms with Crippen LogP contribution in [0.25, 0.3) is 0 Å². The third-order valence-electron chi connectivity index (χ3n) is 7.05. The molecular weight excluding hydrogens is 441 g/mol. The van der Waals surface area contributed by atoms with Crippen LogP contribution < -0.4 is 0 Å². The molecule has 0 bridgehead atoms. The zero-order valence-corrected chi connectivity index (χ0v) is 18.3. The second-order valence-corrected chi connectivity index (χ2v) is 8.93. The molecule has 4 aliphatic rings. The van der Waals surface area contributed by atoms with Gasteiger partial charge in [-0.15, -0.1) is 0 Å². The van der Waals surface area contributed by atoms with Gasteiger partial charge in [-0.25, -0.2) is 4.79 Å². The van der Waals surface area contributed by atoms with Crippen LogP contribution in [0.15, 0.2) is 24.3 Å². The maximum absolute atomic E-state index is 13.1. The summed E-state index contributed by atoms with van der Waals surface area (Å²) in [7, 11) is 0. The molecule has 1 aromatic rings. The number of hydrogen-bond donors (Lipinski definition) is 1. The topological polar surface area (TPSA) is 79.3 Å². The van der Waals surface area contributed by atoms with Gasteiger partial charge in [0.1, 0.15) is 0 Å². The van der Waals surface area contributed by atoms with Gasteiger partial charge in [0.2, 0.25) is 5.91 Å². The molecule has 33 heavy (non-hydrogen) atoms.